The predicted molar refractivity (Wildman–Crippen MR) is 108 cm³/mol. The van der Waals surface area contributed by atoms with E-state index < -0.39 is 6.10 Å². The second kappa shape index (κ2) is 8.60. The fraction of sp³-hybridized carbons (Fsp3) is 0.381. The largest absolute Gasteiger partial charge is 0.491 e. The monoisotopic (exact) mass is 385 g/mol. The fourth-order valence-electron chi connectivity index (χ4n) is 3.13. The fourth-order valence-corrected chi connectivity index (χ4v) is 3.13. The summed E-state index contributed by atoms with van der Waals surface area (Å²) < 4.78 is 8.86. The SMILES string of the molecule is C[C@H](O)CNCc1ccc(OC[C@@H](O)c2ccc3c(c2)n(C)c(=O)n3C)cc1. The molecular formula is C21H27N3O4. The van der Waals surface area contributed by atoms with Crippen LogP contribution in [0.4, 0.5) is 0 Å². The maximum Gasteiger partial charge on any atom is 0.328 e. The van der Waals surface area contributed by atoms with Crippen molar-refractivity contribution < 1.29 is 14.9 Å². The van der Waals surface area contributed by atoms with Crippen LogP contribution in [0.5, 0.6) is 5.75 Å². The highest BCUT2D eigenvalue weighted by molar-refractivity contribution is 5.76. The van der Waals surface area contributed by atoms with Crippen molar-refractivity contribution in [3.05, 3.63) is 64.1 Å². The standard InChI is InChI=1S/C21H27N3O4/c1-14(25)11-22-12-15-4-7-17(8-5-15)28-13-20(26)16-6-9-18-19(10-16)24(3)21(27)23(18)2/h4-10,14,20,22,25-26H,11-13H2,1-3H3/t14-,20+/m0/s1. The number of nitrogens with zero attached hydrogens (tertiary/aromatic N) is 2. The zero-order valence-electron chi connectivity index (χ0n) is 16.4. The first kappa shape index (κ1) is 20.1. The Morgan fingerprint density at radius 3 is 2.39 bits per heavy atom. The molecule has 2 aromatic carbocycles. The third kappa shape index (κ3) is 4.44. The third-order valence-electron chi connectivity index (χ3n) is 4.78. The first-order valence-electron chi connectivity index (χ1n) is 9.30. The number of fused-ring (bicyclic) bond motifs is 1. The minimum Gasteiger partial charge on any atom is -0.491 e. The van der Waals surface area contributed by atoms with Crippen LogP contribution in [-0.2, 0) is 20.6 Å². The molecule has 3 N–H and O–H groups in total. The van der Waals surface area contributed by atoms with E-state index in [0.29, 0.717) is 24.4 Å². The zero-order valence-corrected chi connectivity index (χ0v) is 16.4. The molecule has 1 heterocycles. The van der Waals surface area contributed by atoms with Gasteiger partial charge in [0.15, 0.2) is 0 Å². The van der Waals surface area contributed by atoms with Gasteiger partial charge >= 0.3 is 5.69 Å². The lowest BCUT2D eigenvalue weighted by molar-refractivity contribution is 0.108. The summed E-state index contributed by atoms with van der Waals surface area (Å²) >= 11 is 0. The van der Waals surface area contributed by atoms with E-state index in [1.807, 2.05) is 42.5 Å². The summed E-state index contributed by atoms with van der Waals surface area (Å²) in [7, 11) is 3.45. The van der Waals surface area contributed by atoms with E-state index in [1.54, 1.807) is 30.2 Å². The van der Waals surface area contributed by atoms with Crippen LogP contribution in [-0.4, -0.2) is 38.6 Å². The summed E-state index contributed by atoms with van der Waals surface area (Å²) in [5.41, 5.74) is 3.29. The van der Waals surface area contributed by atoms with Gasteiger partial charge in [0.25, 0.3) is 0 Å². The molecule has 3 aromatic rings. The first-order valence-corrected chi connectivity index (χ1v) is 9.30. The molecule has 7 heteroatoms. The van der Waals surface area contributed by atoms with Crippen LogP contribution in [0.25, 0.3) is 11.0 Å². The Hall–Kier alpha value is -2.61. The van der Waals surface area contributed by atoms with Crippen LogP contribution in [0.1, 0.15) is 24.2 Å². The van der Waals surface area contributed by atoms with Crippen molar-refractivity contribution >= 4 is 11.0 Å². The van der Waals surface area contributed by atoms with Crippen LogP contribution < -0.4 is 15.7 Å². The van der Waals surface area contributed by atoms with Crippen molar-refractivity contribution in [2.45, 2.75) is 25.7 Å². The first-order chi connectivity index (χ1) is 13.4. The Labute approximate surface area is 163 Å². The molecule has 0 aliphatic heterocycles. The zero-order chi connectivity index (χ0) is 20.3. The minimum absolute atomic E-state index is 0.0964. The summed E-state index contributed by atoms with van der Waals surface area (Å²) in [5.74, 6) is 0.673. The highest BCUT2D eigenvalue weighted by atomic mass is 16.5. The van der Waals surface area contributed by atoms with E-state index in [1.165, 1.54) is 0 Å². The quantitative estimate of drug-likeness (QED) is 0.546. The van der Waals surface area contributed by atoms with Crippen molar-refractivity contribution in [1.82, 2.24) is 14.5 Å². The average Bonchev–Trinajstić information content (AvgIpc) is 2.90. The molecule has 0 bridgehead atoms. The number of ether oxygens (including phenoxy) is 1. The molecule has 0 spiro atoms. The Morgan fingerprint density at radius 2 is 1.71 bits per heavy atom. The van der Waals surface area contributed by atoms with Crippen molar-refractivity contribution in [3.8, 4) is 5.75 Å². The van der Waals surface area contributed by atoms with Crippen molar-refractivity contribution in [2.24, 2.45) is 14.1 Å². The number of hydrogen-bond donors (Lipinski definition) is 3. The van der Waals surface area contributed by atoms with E-state index in [9.17, 15) is 15.0 Å². The normalized spacial score (nSPS) is 13.6. The highest BCUT2D eigenvalue weighted by Gasteiger charge is 2.13. The summed E-state index contributed by atoms with van der Waals surface area (Å²) in [4.78, 5) is 12.0. The summed E-state index contributed by atoms with van der Waals surface area (Å²) in [5, 5.41) is 22.9. The molecule has 0 saturated carbocycles. The summed E-state index contributed by atoms with van der Waals surface area (Å²) in [6, 6.07) is 13.1. The maximum absolute atomic E-state index is 12.0. The molecule has 150 valence electrons. The lowest BCUT2D eigenvalue weighted by atomic mass is 10.1. The van der Waals surface area contributed by atoms with E-state index in [-0.39, 0.29) is 18.4 Å². The van der Waals surface area contributed by atoms with Gasteiger partial charge in [-0.25, -0.2) is 4.79 Å². The van der Waals surface area contributed by atoms with Gasteiger partial charge in [0, 0.05) is 27.2 Å². The van der Waals surface area contributed by atoms with Crippen LogP contribution in [0.3, 0.4) is 0 Å². The van der Waals surface area contributed by atoms with Gasteiger partial charge in [-0.05, 0) is 42.3 Å². The number of hydrogen-bond acceptors (Lipinski definition) is 5. The molecule has 28 heavy (non-hydrogen) atoms. The second-order valence-corrected chi connectivity index (χ2v) is 7.10. The smallest absolute Gasteiger partial charge is 0.328 e. The summed E-state index contributed by atoms with van der Waals surface area (Å²) in [6.07, 6.45) is -1.17. The minimum atomic E-state index is -0.799. The van der Waals surface area contributed by atoms with E-state index >= 15 is 0 Å². The molecule has 0 radical (unpaired) electrons. The Bertz CT molecular complexity index is 989. The lowest BCUT2D eigenvalue weighted by Gasteiger charge is -2.14. The Kier molecular flexibility index (Phi) is 6.18. The average molecular weight is 385 g/mol. The van der Waals surface area contributed by atoms with Gasteiger partial charge in [-0.1, -0.05) is 18.2 Å². The van der Waals surface area contributed by atoms with Gasteiger partial charge in [-0.2, -0.15) is 0 Å². The van der Waals surface area contributed by atoms with Gasteiger partial charge in [0.2, 0.25) is 0 Å². The van der Waals surface area contributed by atoms with Crippen LogP contribution in [0.15, 0.2) is 47.3 Å². The topological polar surface area (TPSA) is 88.7 Å². The maximum atomic E-state index is 12.0. The second-order valence-electron chi connectivity index (χ2n) is 7.10. The molecule has 0 unspecified atom stereocenters. The molecule has 1 aromatic heterocycles. The molecule has 0 aliphatic carbocycles. The van der Waals surface area contributed by atoms with Crippen molar-refractivity contribution in [3.63, 3.8) is 0 Å². The van der Waals surface area contributed by atoms with Crippen molar-refractivity contribution in [2.75, 3.05) is 13.2 Å². The van der Waals surface area contributed by atoms with Gasteiger partial charge in [0.1, 0.15) is 18.5 Å². The molecule has 0 saturated heterocycles. The Balaban J connectivity index is 1.61. The highest BCUT2D eigenvalue weighted by Crippen LogP contribution is 2.21. The van der Waals surface area contributed by atoms with Crippen LogP contribution in [0.2, 0.25) is 0 Å². The van der Waals surface area contributed by atoms with Crippen molar-refractivity contribution in [1.29, 1.82) is 0 Å². The number of aromatic nitrogens is 2. The number of nitrogens with one attached hydrogen (secondary N) is 1. The molecule has 0 amide bonds. The van der Waals surface area contributed by atoms with Crippen LogP contribution >= 0.6 is 0 Å². The number of aryl methyl sites for hydroxylation is 2. The summed E-state index contributed by atoms with van der Waals surface area (Å²) in [6.45, 7) is 3.07. The predicted octanol–water partition coefficient (Wildman–Crippen LogP) is 1.46. The van der Waals surface area contributed by atoms with Crippen LogP contribution in [0, 0.1) is 0 Å². The molecule has 2 atom stereocenters. The van der Waals surface area contributed by atoms with E-state index in [4.69, 9.17) is 4.74 Å². The molecular weight excluding hydrogens is 358 g/mol. The number of imidazole rings is 1. The van der Waals surface area contributed by atoms with Gasteiger partial charge in [-0.15, -0.1) is 0 Å². The lowest BCUT2D eigenvalue weighted by Crippen LogP contribution is -2.23. The number of aliphatic hydroxyl groups excluding tert-OH is 2. The van der Waals surface area contributed by atoms with E-state index in [2.05, 4.69) is 5.32 Å². The van der Waals surface area contributed by atoms with E-state index in [0.717, 1.165) is 16.6 Å². The van der Waals surface area contributed by atoms with Gasteiger partial charge < -0.3 is 20.3 Å². The molecule has 0 fully saturated rings. The number of rotatable bonds is 8. The number of aliphatic hydroxyl groups is 2. The Morgan fingerprint density at radius 1 is 1.04 bits per heavy atom. The van der Waals surface area contributed by atoms with Gasteiger partial charge in [0.05, 0.1) is 17.1 Å². The molecule has 0 aliphatic rings. The number of benzene rings is 2. The molecule has 7 nitrogen and oxygen atoms in total. The van der Waals surface area contributed by atoms with Gasteiger partial charge in [-0.3, -0.25) is 9.13 Å². The third-order valence-corrected chi connectivity index (χ3v) is 4.78. The molecule has 3 rings (SSSR count).